The molecule has 0 spiro atoms. The first-order valence-electron chi connectivity index (χ1n) is 6.39. The fourth-order valence-corrected chi connectivity index (χ4v) is 1.70. The first-order chi connectivity index (χ1) is 9.63. The molecule has 4 N–H and O–H groups in total. The van der Waals surface area contributed by atoms with Gasteiger partial charge in [-0.05, 0) is 31.2 Å². The first kappa shape index (κ1) is 13.9. The molecule has 2 rings (SSSR count). The Balaban J connectivity index is 1.80. The molecule has 0 saturated heterocycles. The third kappa shape index (κ3) is 4.31. The summed E-state index contributed by atoms with van der Waals surface area (Å²) in [5.41, 5.74) is 7.06. The number of hydrogen-bond donors (Lipinski definition) is 3. The van der Waals surface area contributed by atoms with E-state index in [1.165, 1.54) is 0 Å². The molecule has 1 amide bonds. The van der Waals surface area contributed by atoms with Crippen molar-refractivity contribution in [1.82, 2.24) is 9.97 Å². The second-order valence-electron chi connectivity index (χ2n) is 4.44. The lowest BCUT2D eigenvalue weighted by atomic mass is 10.3. The Kier molecular flexibility index (Phi) is 4.60. The van der Waals surface area contributed by atoms with Crippen LogP contribution in [0.3, 0.4) is 0 Å². The van der Waals surface area contributed by atoms with Gasteiger partial charge in [0.2, 0.25) is 5.91 Å². The van der Waals surface area contributed by atoms with E-state index in [-0.39, 0.29) is 12.3 Å². The number of aromatic nitrogens is 2. The Hall–Kier alpha value is -2.50. The highest BCUT2D eigenvalue weighted by Gasteiger charge is 1.99. The number of anilines is 1. The van der Waals surface area contributed by atoms with Crippen LogP contribution in [0, 0.1) is 6.92 Å². The Morgan fingerprint density at radius 2 is 2.15 bits per heavy atom. The van der Waals surface area contributed by atoms with E-state index in [2.05, 4.69) is 15.3 Å². The van der Waals surface area contributed by atoms with Crippen molar-refractivity contribution >= 4 is 11.6 Å². The van der Waals surface area contributed by atoms with Crippen LogP contribution < -0.4 is 15.8 Å². The van der Waals surface area contributed by atoms with Crippen LogP contribution in [-0.4, -0.2) is 22.5 Å². The minimum absolute atomic E-state index is 0.221. The number of imidazole rings is 1. The number of hydrogen-bond acceptors (Lipinski definition) is 4. The molecule has 0 aliphatic rings. The van der Waals surface area contributed by atoms with Gasteiger partial charge in [0.1, 0.15) is 11.6 Å². The summed E-state index contributed by atoms with van der Waals surface area (Å²) in [6.07, 6.45) is 2.03. The van der Waals surface area contributed by atoms with E-state index in [1.807, 2.05) is 37.4 Å². The number of H-pyrrole nitrogens is 1. The van der Waals surface area contributed by atoms with Gasteiger partial charge in [0, 0.05) is 5.69 Å². The largest absolute Gasteiger partial charge is 0.493 e. The van der Waals surface area contributed by atoms with Gasteiger partial charge in [0.05, 0.1) is 31.5 Å². The molecule has 0 aliphatic heterocycles. The summed E-state index contributed by atoms with van der Waals surface area (Å²) >= 11 is 0. The van der Waals surface area contributed by atoms with Gasteiger partial charge in [-0.1, -0.05) is 0 Å². The molecule has 0 saturated carbocycles. The smallest absolute Gasteiger partial charge is 0.220 e. The average molecular weight is 274 g/mol. The van der Waals surface area contributed by atoms with Crippen LogP contribution in [-0.2, 0) is 11.3 Å². The number of amides is 1. The van der Waals surface area contributed by atoms with Gasteiger partial charge < -0.3 is 20.8 Å². The minimum atomic E-state index is -0.363. The van der Waals surface area contributed by atoms with Gasteiger partial charge >= 0.3 is 0 Å². The minimum Gasteiger partial charge on any atom is -0.493 e. The molecular formula is C14H18N4O2. The Morgan fingerprint density at radius 1 is 1.40 bits per heavy atom. The van der Waals surface area contributed by atoms with Gasteiger partial charge in [-0.2, -0.15) is 0 Å². The number of nitrogens with two attached hydrogens (primary N) is 1. The second kappa shape index (κ2) is 6.60. The summed E-state index contributed by atoms with van der Waals surface area (Å²) in [7, 11) is 0. The van der Waals surface area contributed by atoms with E-state index in [0.717, 1.165) is 17.2 Å². The highest BCUT2D eigenvalue weighted by atomic mass is 16.5. The highest BCUT2D eigenvalue weighted by Crippen LogP contribution is 2.16. The van der Waals surface area contributed by atoms with Crippen LogP contribution in [0.2, 0.25) is 0 Å². The zero-order chi connectivity index (χ0) is 14.4. The standard InChI is InChI=1S/C14H18N4O2/c1-10-16-8-12(18-10)9-17-11-2-4-13(5-3-11)20-7-6-14(15)19/h2-5,8,17H,6-7,9H2,1H3,(H2,15,19)(H,16,18). The van der Waals surface area contributed by atoms with Crippen LogP contribution in [0.5, 0.6) is 5.75 Å². The van der Waals surface area contributed by atoms with Crippen molar-refractivity contribution in [3.8, 4) is 5.75 Å². The quantitative estimate of drug-likeness (QED) is 0.714. The summed E-state index contributed by atoms with van der Waals surface area (Å²) in [5, 5.41) is 3.27. The maximum Gasteiger partial charge on any atom is 0.220 e. The van der Waals surface area contributed by atoms with Crippen LogP contribution in [0.25, 0.3) is 0 Å². The molecule has 2 aromatic rings. The number of carbonyl (C=O) groups excluding carboxylic acids is 1. The molecule has 0 radical (unpaired) electrons. The van der Waals surface area contributed by atoms with Crippen molar-refractivity contribution in [1.29, 1.82) is 0 Å². The molecule has 106 valence electrons. The summed E-state index contributed by atoms with van der Waals surface area (Å²) in [5.74, 6) is 1.26. The van der Waals surface area contributed by atoms with E-state index in [4.69, 9.17) is 10.5 Å². The molecule has 0 atom stereocenters. The lowest BCUT2D eigenvalue weighted by Gasteiger charge is -2.07. The number of nitrogens with one attached hydrogen (secondary N) is 2. The first-order valence-corrected chi connectivity index (χ1v) is 6.39. The Labute approximate surface area is 117 Å². The molecule has 1 aromatic heterocycles. The molecule has 6 nitrogen and oxygen atoms in total. The van der Waals surface area contributed by atoms with E-state index < -0.39 is 0 Å². The highest BCUT2D eigenvalue weighted by molar-refractivity contribution is 5.73. The third-order valence-corrected chi connectivity index (χ3v) is 2.71. The number of ether oxygens (including phenoxy) is 1. The van der Waals surface area contributed by atoms with Crippen molar-refractivity contribution in [2.75, 3.05) is 11.9 Å². The molecular weight excluding hydrogens is 256 g/mol. The zero-order valence-electron chi connectivity index (χ0n) is 11.3. The van der Waals surface area contributed by atoms with Gasteiger partial charge in [0.25, 0.3) is 0 Å². The summed E-state index contributed by atoms with van der Waals surface area (Å²) in [4.78, 5) is 17.9. The van der Waals surface area contributed by atoms with Gasteiger partial charge in [0.15, 0.2) is 0 Å². The predicted molar refractivity (Wildman–Crippen MR) is 76.4 cm³/mol. The van der Waals surface area contributed by atoms with Crippen molar-refractivity contribution in [2.45, 2.75) is 19.9 Å². The fraction of sp³-hybridized carbons (Fsp3) is 0.286. The molecule has 0 bridgehead atoms. The van der Waals surface area contributed by atoms with Crippen molar-refractivity contribution in [2.24, 2.45) is 5.73 Å². The van der Waals surface area contributed by atoms with Crippen LogP contribution in [0.1, 0.15) is 17.9 Å². The van der Waals surface area contributed by atoms with Crippen molar-refractivity contribution in [3.05, 3.63) is 42.0 Å². The van der Waals surface area contributed by atoms with E-state index in [1.54, 1.807) is 0 Å². The lowest BCUT2D eigenvalue weighted by molar-refractivity contribution is -0.118. The molecule has 1 aromatic carbocycles. The van der Waals surface area contributed by atoms with E-state index >= 15 is 0 Å². The summed E-state index contributed by atoms with van der Waals surface area (Å²) in [6, 6.07) is 7.54. The fourth-order valence-electron chi connectivity index (χ4n) is 1.70. The van der Waals surface area contributed by atoms with E-state index in [0.29, 0.717) is 18.9 Å². The normalized spacial score (nSPS) is 10.2. The number of nitrogens with zero attached hydrogens (tertiary/aromatic N) is 1. The van der Waals surface area contributed by atoms with Gasteiger partial charge in [-0.15, -0.1) is 0 Å². The summed E-state index contributed by atoms with van der Waals surface area (Å²) < 4.78 is 5.39. The van der Waals surface area contributed by atoms with Crippen molar-refractivity contribution in [3.63, 3.8) is 0 Å². The van der Waals surface area contributed by atoms with E-state index in [9.17, 15) is 4.79 Å². The number of carbonyl (C=O) groups is 1. The third-order valence-electron chi connectivity index (χ3n) is 2.71. The Bertz CT molecular complexity index is 563. The van der Waals surface area contributed by atoms with Gasteiger partial charge in [-0.25, -0.2) is 4.98 Å². The average Bonchev–Trinajstić information content (AvgIpc) is 2.83. The van der Waals surface area contributed by atoms with Crippen LogP contribution in [0.15, 0.2) is 30.5 Å². The topological polar surface area (TPSA) is 93.0 Å². The van der Waals surface area contributed by atoms with Crippen LogP contribution >= 0.6 is 0 Å². The number of aromatic amines is 1. The molecule has 1 heterocycles. The summed E-state index contributed by atoms with van der Waals surface area (Å²) in [6.45, 7) is 2.90. The lowest BCUT2D eigenvalue weighted by Crippen LogP contribution is -2.14. The number of rotatable bonds is 7. The number of aryl methyl sites for hydroxylation is 1. The monoisotopic (exact) mass is 274 g/mol. The second-order valence-corrected chi connectivity index (χ2v) is 4.44. The molecule has 0 fully saturated rings. The number of benzene rings is 1. The van der Waals surface area contributed by atoms with Gasteiger partial charge in [-0.3, -0.25) is 4.79 Å². The maximum atomic E-state index is 10.6. The zero-order valence-corrected chi connectivity index (χ0v) is 11.3. The molecule has 0 aliphatic carbocycles. The molecule has 20 heavy (non-hydrogen) atoms. The van der Waals surface area contributed by atoms with Crippen molar-refractivity contribution < 1.29 is 9.53 Å². The Morgan fingerprint density at radius 3 is 2.75 bits per heavy atom. The SMILES string of the molecule is Cc1ncc(CNc2ccc(OCCC(N)=O)cc2)[nH]1. The van der Waals surface area contributed by atoms with Crippen LogP contribution in [0.4, 0.5) is 5.69 Å². The molecule has 0 unspecified atom stereocenters. The predicted octanol–water partition coefficient (Wildman–Crippen LogP) is 1.58. The maximum absolute atomic E-state index is 10.6. The molecule has 6 heteroatoms. The number of primary amides is 1.